The zero-order valence-electron chi connectivity index (χ0n) is 20.0. The van der Waals surface area contributed by atoms with E-state index in [9.17, 15) is 18.0 Å². The fourth-order valence-corrected chi connectivity index (χ4v) is 9.94. The standard InChI is InChI=1S/C24H32N2O5SSi/c1-22(2,3)26-21(28)24(23(26,4)33(5)6,32(29,30)19-15-11-8-12-16-19)25-20(27)17-31-18-13-9-7-10-14-18/h7-16,33H,17H2,1-6H3,(H,25,27)/t23-,24-/m0/s1. The Morgan fingerprint density at radius 3 is 2.03 bits per heavy atom. The molecule has 0 radical (unpaired) electrons. The van der Waals surface area contributed by atoms with Crippen molar-refractivity contribution in [1.29, 1.82) is 0 Å². The molecule has 1 N–H and O–H groups in total. The highest BCUT2D eigenvalue weighted by Gasteiger charge is 2.79. The second-order valence-electron chi connectivity index (χ2n) is 9.76. The van der Waals surface area contributed by atoms with Crippen LogP contribution in [0, 0.1) is 0 Å². The lowest BCUT2D eigenvalue weighted by atomic mass is 9.87. The second kappa shape index (κ2) is 8.61. The normalized spacial score (nSPS) is 23.2. The van der Waals surface area contributed by atoms with Gasteiger partial charge in [-0.05, 0) is 52.0 Å². The van der Waals surface area contributed by atoms with E-state index < -0.39 is 52.6 Å². The van der Waals surface area contributed by atoms with Crippen LogP contribution in [0.5, 0.6) is 5.75 Å². The summed E-state index contributed by atoms with van der Waals surface area (Å²) in [6, 6.07) is 16.6. The molecule has 0 spiro atoms. The minimum Gasteiger partial charge on any atom is -0.484 e. The van der Waals surface area contributed by atoms with Gasteiger partial charge in [-0.25, -0.2) is 8.42 Å². The van der Waals surface area contributed by atoms with Crippen molar-refractivity contribution in [3.05, 3.63) is 60.7 Å². The summed E-state index contributed by atoms with van der Waals surface area (Å²) >= 11 is 0. The highest BCUT2D eigenvalue weighted by Crippen LogP contribution is 2.52. The second-order valence-corrected chi connectivity index (χ2v) is 15.3. The maximum atomic E-state index is 14.1. The fraction of sp³-hybridized carbons (Fsp3) is 0.417. The van der Waals surface area contributed by atoms with Crippen molar-refractivity contribution in [3.63, 3.8) is 0 Å². The zero-order chi connectivity index (χ0) is 24.7. The molecule has 178 valence electrons. The van der Waals surface area contributed by atoms with Gasteiger partial charge in [-0.1, -0.05) is 49.5 Å². The highest BCUT2D eigenvalue weighted by atomic mass is 32.2. The molecule has 1 aliphatic rings. The Bertz CT molecular complexity index is 1130. The molecule has 1 aliphatic heterocycles. The Balaban J connectivity index is 2.10. The minimum atomic E-state index is -4.28. The van der Waals surface area contributed by atoms with Crippen molar-refractivity contribution in [2.24, 2.45) is 0 Å². The van der Waals surface area contributed by atoms with Crippen molar-refractivity contribution in [1.82, 2.24) is 10.2 Å². The number of sulfone groups is 1. The number of carbonyl (C=O) groups excluding carboxylic acids is 2. The lowest BCUT2D eigenvalue weighted by molar-refractivity contribution is -0.171. The number of β-lactam (4-membered cyclic amide) rings is 1. The summed E-state index contributed by atoms with van der Waals surface area (Å²) < 4.78 is 33.7. The number of hydrogen-bond donors (Lipinski definition) is 1. The number of carbonyl (C=O) groups is 2. The van der Waals surface area contributed by atoms with Crippen LogP contribution in [-0.2, 0) is 19.4 Å². The van der Waals surface area contributed by atoms with Crippen LogP contribution in [0.25, 0.3) is 0 Å². The first-order chi connectivity index (χ1) is 15.3. The third-order valence-electron chi connectivity index (χ3n) is 6.36. The molecule has 2 atom stereocenters. The monoisotopic (exact) mass is 488 g/mol. The molecular weight excluding hydrogens is 456 g/mol. The summed E-state index contributed by atoms with van der Waals surface area (Å²) in [7, 11) is -6.19. The SMILES string of the molecule is C[SiH](C)[C@]1(C)N(C(C)(C)C)C(=O)[C@]1(NC(=O)COc1ccccc1)S(=O)(=O)c1ccccc1. The van der Waals surface area contributed by atoms with E-state index in [2.05, 4.69) is 5.32 Å². The van der Waals surface area contributed by atoms with Crippen LogP contribution < -0.4 is 10.1 Å². The fourth-order valence-electron chi connectivity index (χ4n) is 4.66. The van der Waals surface area contributed by atoms with Crippen LogP contribution in [0.4, 0.5) is 0 Å². The smallest absolute Gasteiger partial charge is 0.267 e. The van der Waals surface area contributed by atoms with Crippen LogP contribution >= 0.6 is 0 Å². The predicted molar refractivity (Wildman–Crippen MR) is 130 cm³/mol. The number of nitrogens with one attached hydrogen (secondary N) is 1. The van der Waals surface area contributed by atoms with Crippen LogP contribution in [0.1, 0.15) is 27.7 Å². The summed E-state index contributed by atoms with van der Waals surface area (Å²) in [5.74, 6) is -0.804. The van der Waals surface area contributed by atoms with Gasteiger partial charge in [-0.15, -0.1) is 0 Å². The van der Waals surface area contributed by atoms with Gasteiger partial charge >= 0.3 is 0 Å². The van der Waals surface area contributed by atoms with Gasteiger partial charge in [0, 0.05) is 5.54 Å². The van der Waals surface area contributed by atoms with Gasteiger partial charge in [0.15, 0.2) is 6.61 Å². The van der Waals surface area contributed by atoms with E-state index in [1.54, 1.807) is 54.3 Å². The molecule has 33 heavy (non-hydrogen) atoms. The number of benzene rings is 2. The van der Waals surface area contributed by atoms with Gasteiger partial charge in [0.05, 0.1) is 18.9 Å². The Morgan fingerprint density at radius 1 is 1.03 bits per heavy atom. The maximum Gasteiger partial charge on any atom is 0.267 e. The van der Waals surface area contributed by atoms with E-state index in [1.165, 1.54) is 12.1 Å². The minimum absolute atomic E-state index is 0.00272. The number of rotatable bonds is 7. The Morgan fingerprint density at radius 2 is 1.55 bits per heavy atom. The molecule has 0 aromatic heterocycles. The van der Waals surface area contributed by atoms with Crippen LogP contribution in [0.15, 0.2) is 65.6 Å². The molecule has 7 nitrogen and oxygen atoms in total. The molecule has 3 rings (SSSR count). The molecule has 1 fully saturated rings. The Kier molecular flexibility index (Phi) is 6.51. The molecule has 2 aromatic rings. The molecule has 0 bridgehead atoms. The van der Waals surface area contributed by atoms with Gasteiger partial charge in [0.1, 0.15) is 5.75 Å². The molecule has 0 unspecified atom stereocenters. The van der Waals surface area contributed by atoms with Crippen LogP contribution in [-0.4, -0.2) is 56.1 Å². The van der Waals surface area contributed by atoms with E-state index >= 15 is 0 Å². The number of nitrogens with zero attached hydrogens (tertiary/aromatic N) is 1. The van der Waals surface area contributed by atoms with Crippen molar-refractivity contribution >= 4 is 30.4 Å². The molecule has 0 saturated carbocycles. The van der Waals surface area contributed by atoms with Crippen molar-refractivity contribution in [2.45, 2.75) is 61.3 Å². The van der Waals surface area contributed by atoms with Gasteiger partial charge in [0.2, 0.25) is 14.7 Å². The lowest BCUT2D eigenvalue weighted by Gasteiger charge is -2.67. The number of para-hydroxylation sites is 1. The van der Waals surface area contributed by atoms with Gasteiger partial charge in [0.25, 0.3) is 11.8 Å². The third-order valence-corrected chi connectivity index (χ3v) is 11.9. The molecule has 1 saturated heterocycles. The topological polar surface area (TPSA) is 92.8 Å². The first-order valence-electron chi connectivity index (χ1n) is 10.9. The van der Waals surface area contributed by atoms with Gasteiger partial charge < -0.3 is 15.0 Å². The Labute approximate surface area is 197 Å². The molecule has 2 aromatic carbocycles. The van der Waals surface area contributed by atoms with E-state index in [0.29, 0.717) is 5.75 Å². The summed E-state index contributed by atoms with van der Waals surface area (Å²) in [5.41, 5.74) is -0.621. The largest absolute Gasteiger partial charge is 0.484 e. The van der Waals surface area contributed by atoms with E-state index in [-0.39, 0.29) is 4.90 Å². The van der Waals surface area contributed by atoms with Crippen LogP contribution in [0.2, 0.25) is 13.1 Å². The van der Waals surface area contributed by atoms with Gasteiger partial charge in [-0.2, -0.15) is 0 Å². The van der Waals surface area contributed by atoms with Crippen molar-refractivity contribution in [2.75, 3.05) is 6.61 Å². The number of ether oxygens (including phenoxy) is 1. The lowest BCUT2D eigenvalue weighted by Crippen LogP contribution is -2.94. The summed E-state index contributed by atoms with van der Waals surface area (Å²) in [6.45, 7) is 11.0. The van der Waals surface area contributed by atoms with E-state index in [4.69, 9.17) is 4.74 Å². The van der Waals surface area contributed by atoms with Crippen LogP contribution in [0.3, 0.4) is 0 Å². The predicted octanol–water partition coefficient (Wildman–Crippen LogP) is 2.78. The Hall–Kier alpha value is -2.65. The average molecular weight is 489 g/mol. The highest BCUT2D eigenvalue weighted by molar-refractivity contribution is 7.94. The summed E-state index contributed by atoms with van der Waals surface area (Å²) in [5, 5.41) is 1.58. The first kappa shape index (κ1) is 25.0. The van der Waals surface area contributed by atoms with Crippen molar-refractivity contribution < 1.29 is 22.7 Å². The average Bonchev–Trinajstić information content (AvgIpc) is 2.75. The molecular formula is C24H32N2O5SSi. The van der Waals surface area contributed by atoms with Crippen molar-refractivity contribution in [3.8, 4) is 5.75 Å². The molecule has 0 aliphatic carbocycles. The third kappa shape index (κ3) is 3.87. The maximum absolute atomic E-state index is 14.1. The van der Waals surface area contributed by atoms with E-state index in [0.717, 1.165) is 0 Å². The number of hydrogen-bond acceptors (Lipinski definition) is 5. The van der Waals surface area contributed by atoms with E-state index in [1.807, 2.05) is 39.9 Å². The molecule has 2 amide bonds. The molecule has 9 heteroatoms. The first-order valence-corrected chi connectivity index (χ1v) is 15.3. The summed E-state index contributed by atoms with van der Waals surface area (Å²) in [4.78, 5) is 26.4. The molecule has 1 heterocycles. The number of amides is 2. The number of likely N-dealkylation sites (tertiary alicyclic amines) is 1. The quantitative estimate of drug-likeness (QED) is 0.478. The van der Waals surface area contributed by atoms with Gasteiger partial charge in [-0.3, -0.25) is 9.59 Å². The zero-order valence-corrected chi connectivity index (χ0v) is 21.9. The summed E-state index contributed by atoms with van der Waals surface area (Å²) in [6.07, 6.45) is 0.